The van der Waals surface area contributed by atoms with Crippen molar-refractivity contribution in [3.8, 4) is 6.07 Å². The molecule has 2 rings (SSSR count). The molecule has 0 saturated heterocycles. The highest BCUT2D eigenvalue weighted by Gasteiger charge is 2.33. The molecule has 2 aromatic rings. The maximum atomic E-state index is 13.1. The minimum atomic E-state index is -4.60. The largest absolute Gasteiger partial charge is 0.418 e. The van der Waals surface area contributed by atoms with Crippen LogP contribution in [0.1, 0.15) is 25.0 Å². The van der Waals surface area contributed by atoms with E-state index >= 15 is 0 Å². The lowest BCUT2D eigenvalue weighted by atomic mass is 10.1. The number of halogens is 3. The molecular weight excluding hydrogens is 397 g/mol. The molecule has 2 aromatic carbocycles. The second-order valence-electron chi connectivity index (χ2n) is 6.48. The van der Waals surface area contributed by atoms with Gasteiger partial charge in [0, 0.05) is 0 Å². The molecule has 6 nitrogen and oxygen atoms in total. The number of anilines is 2. The van der Waals surface area contributed by atoms with E-state index < -0.39 is 29.6 Å². The van der Waals surface area contributed by atoms with Gasteiger partial charge in [-0.2, -0.15) is 18.4 Å². The Labute approximate surface area is 172 Å². The van der Waals surface area contributed by atoms with Crippen LogP contribution in [0.15, 0.2) is 48.5 Å². The summed E-state index contributed by atoms with van der Waals surface area (Å²) in [5.74, 6) is -1.12. The third-order valence-corrected chi connectivity index (χ3v) is 4.49. The fourth-order valence-electron chi connectivity index (χ4n) is 2.83. The monoisotopic (exact) mass is 418 g/mol. The van der Waals surface area contributed by atoms with Crippen molar-refractivity contribution in [3.63, 3.8) is 0 Å². The van der Waals surface area contributed by atoms with Gasteiger partial charge >= 0.3 is 6.18 Å². The van der Waals surface area contributed by atoms with Crippen LogP contribution in [-0.2, 0) is 15.8 Å². The molecular formula is C21H21F3N4O2. The molecule has 9 heteroatoms. The number of likely N-dealkylation sites (N-methyl/N-ethyl adjacent to an activating group) is 1. The van der Waals surface area contributed by atoms with E-state index in [2.05, 4.69) is 10.6 Å². The van der Waals surface area contributed by atoms with Crippen LogP contribution in [-0.4, -0.2) is 35.8 Å². The van der Waals surface area contributed by atoms with Gasteiger partial charge in [-0.05, 0) is 37.7 Å². The summed E-state index contributed by atoms with van der Waals surface area (Å²) in [6.45, 7) is 3.33. The summed E-state index contributed by atoms with van der Waals surface area (Å²) >= 11 is 0. The molecule has 1 atom stereocenters. The summed E-state index contributed by atoms with van der Waals surface area (Å²) in [5, 5.41) is 14.0. The van der Waals surface area contributed by atoms with E-state index in [0.29, 0.717) is 17.8 Å². The number of benzene rings is 2. The zero-order valence-electron chi connectivity index (χ0n) is 16.5. The highest BCUT2D eigenvalue weighted by molar-refractivity contribution is 5.97. The van der Waals surface area contributed by atoms with Crippen LogP contribution in [0.2, 0.25) is 0 Å². The van der Waals surface area contributed by atoms with Crippen molar-refractivity contribution in [2.75, 3.05) is 23.7 Å². The fraction of sp³-hybridized carbons (Fsp3) is 0.286. The summed E-state index contributed by atoms with van der Waals surface area (Å²) in [6.07, 6.45) is -4.60. The Bertz CT molecular complexity index is 954. The smallest absolute Gasteiger partial charge is 0.324 e. The van der Waals surface area contributed by atoms with E-state index in [-0.39, 0.29) is 12.2 Å². The van der Waals surface area contributed by atoms with Gasteiger partial charge in [0.15, 0.2) is 0 Å². The highest BCUT2D eigenvalue weighted by atomic mass is 19.4. The molecule has 30 heavy (non-hydrogen) atoms. The van der Waals surface area contributed by atoms with Gasteiger partial charge in [-0.15, -0.1) is 0 Å². The summed E-state index contributed by atoms with van der Waals surface area (Å²) in [6, 6.07) is 12.4. The topological polar surface area (TPSA) is 85.2 Å². The predicted octanol–water partition coefficient (Wildman–Crippen LogP) is 3.86. The number of alkyl halides is 3. The van der Waals surface area contributed by atoms with E-state index in [1.165, 1.54) is 23.1 Å². The molecule has 2 amide bonds. The molecule has 0 aliphatic rings. The van der Waals surface area contributed by atoms with Gasteiger partial charge < -0.3 is 10.6 Å². The maximum Gasteiger partial charge on any atom is 0.418 e. The second-order valence-corrected chi connectivity index (χ2v) is 6.48. The Balaban J connectivity index is 2.07. The molecule has 2 N–H and O–H groups in total. The van der Waals surface area contributed by atoms with Gasteiger partial charge in [0.25, 0.3) is 0 Å². The van der Waals surface area contributed by atoms with Crippen molar-refractivity contribution < 1.29 is 22.8 Å². The van der Waals surface area contributed by atoms with Crippen LogP contribution in [0.3, 0.4) is 0 Å². The number of rotatable bonds is 7. The van der Waals surface area contributed by atoms with Crippen molar-refractivity contribution >= 4 is 23.2 Å². The number of hydrogen-bond donors (Lipinski definition) is 2. The lowest BCUT2D eigenvalue weighted by Crippen LogP contribution is -2.45. The molecule has 0 aliphatic heterocycles. The molecule has 0 fully saturated rings. The van der Waals surface area contributed by atoms with E-state index in [0.717, 1.165) is 6.07 Å². The van der Waals surface area contributed by atoms with E-state index in [4.69, 9.17) is 5.26 Å². The molecule has 158 valence electrons. The second kappa shape index (κ2) is 9.89. The standard InChI is InChI=1S/C21H21F3N4O2/c1-3-28(14(2)20(30)27-17-10-6-4-8-15(17)12-25)13-19(29)26-18-11-7-5-9-16(18)21(22,23)24/h4-11,14H,3,13H2,1-2H3,(H,26,29)(H,27,30). The van der Waals surface area contributed by atoms with Crippen LogP contribution in [0.4, 0.5) is 24.5 Å². The van der Waals surface area contributed by atoms with Crippen molar-refractivity contribution in [3.05, 3.63) is 59.7 Å². The van der Waals surface area contributed by atoms with Crippen molar-refractivity contribution in [1.29, 1.82) is 5.26 Å². The summed E-state index contributed by atoms with van der Waals surface area (Å²) in [5.41, 5.74) is -0.648. The number of nitriles is 1. The summed E-state index contributed by atoms with van der Waals surface area (Å²) < 4.78 is 39.3. The quantitative estimate of drug-likeness (QED) is 0.715. The molecule has 1 unspecified atom stereocenters. The Morgan fingerprint density at radius 3 is 2.27 bits per heavy atom. The van der Waals surface area contributed by atoms with Gasteiger partial charge in [0.1, 0.15) is 6.07 Å². The van der Waals surface area contributed by atoms with Crippen LogP contribution in [0.5, 0.6) is 0 Å². The zero-order valence-corrected chi connectivity index (χ0v) is 16.5. The average molecular weight is 418 g/mol. The Kier molecular flexibility index (Phi) is 7.55. The lowest BCUT2D eigenvalue weighted by molar-refractivity contribution is -0.137. The number of nitrogens with zero attached hydrogens (tertiary/aromatic N) is 2. The third kappa shape index (κ3) is 5.81. The van der Waals surface area contributed by atoms with E-state index in [1.54, 1.807) is 38.1 Å². The lowest BCUT2D eigenvalue weighted by Gasteiger charge is -2.26. The van der Waals surface area contributed by atoms with Gasteiger partial charge in [-0.1, -0.05) is 31.2 Å². The van der Waals surface area contributed by atoms with Gasteiger partial charge in [0.2, 0.25) is 11.8 Å². The molecule has 0 radical (unpaired) electrons. The van der Waals surface area contributed by atoms with Crippen molar-refractivity contribution in [2.45, 2.75) is 26.1 Å². The number of nitrogens with one attached hydrogen (secondary N) is 2. The number of carbonyl (C=O) groups excluding carboxylic acids is 2. The number of para-hydroxylation sites is 2. The fourth-order valence-corrected chi connectivity index (χ4v) is 2.83. The van der Waals surface area contributed by atoms with Crippen LogP contribution < -0.4 is 10.6 Å². The first-order valence-corrected chi connectivity index (χ1v) is 9.17. The molecule has 0 bridgehead atoms. The first-order valence-electron chi connectivity index (χ1n) is 9.17. The van der Waals surface area contributed by atoms with Gasteiger partial charge in [-0.25, -0.2) is 0 Å². The van der Waals surface area contributed by atoms with Crippen LogP contribution in [0, 0.1) is 11.3 Å². The summed E-state index contributed by atoms with van der Waals surface area (Å²) in [4.78, 5) is 26.4. The molecule has 0 heterocycles. The normalized spacial score (nSPS) is 12.2. The third-order valence-electron chi connectivity index (χ3n) is 4.49. The minimum absolute atomic E-state index is 0.281. The molecule has 0 aliphatic carbocycles. The molecule has 0 aromatic heterocycles. The summed E-state index contributed by atoms with van der Waals surface area (Å²) in [7, 11) is 0. The average Bonchev–Trinajstić information content (AvgIpc) is 2.71. The maximum absolute atomic E-state index is 13.1. The highest BCUT2D eigenvalue weighted by Crippen LogP contribution is 2.34. The molecule has 0 saturated carbocycles. The molecule has 0 spiro atoms. The SMILES string of the molecule is CCN(CC(=O)Nc1ccccc1C(F)(F)F)C(C)C(=O)Nc1ccccc1C#N. The minimum Gasteiger partial charge on any atom is -0.324 e. The number of carbonyl (C=O) groups is 2. The number of amides is 2. The first kappa shape index (κ1) is 22.9. The Morgan fingerprint density at radius 2 is 1.67 bits per heavy atom. The predicted molar refractivity (Wildman–Crippen MR) is 107 cm³/mol. The van der Waals surface area contributed by atoms with E-state index in [1.807, 2.05) is 6.07 Å². The number of hydrogen-bond acceptors (Lipinski definition) is 4. The van der Waals surface area contributed by atoms with Crippen molar-refractivity contribution in [2.24, 2.45) is 0 Å². The Hall–Kier alpha value is -3.38. The van der Waals surface area contributed by atoms with Crippen molar-refractivity contribution in [1.82, 2.24) is 4.90 Å². The first-order chi connectivity index (χ1) is 14.2. The van der Waals surface area contributed by atoms with E-state index in [9.17, 15) is 22.8 Å². The van der Waals surface area contributed by atoms with Crippen LogP contribution in [0.25, 0.3) is 0 Å². The Morgan fingerprint density at radius 1 is 1.07 bits per heavy atom. The van der Waals surface area contributed by atoms with Crippen LogP contribution >= 0.6 is 0 Å². The zero-order chi connectivity index (χ0) is 22.3. The van der Waals surface area contributed by atoms with Gasteiger partial charge in [-0.3, -0.25) is 14.5 Å². The van der Waals surface area contributed by atoms with Gasteiger partial charge in [0.05, 0.1) is 35.1 Å².